The summed E-state index contributed by atoms with van der Waals surface area (Å²) in [5, 5.41) is 1.15. The minimum Gasteiger partial charge on any atom is -0.493 e. The Labute approximate surface area is 174 Å². The van der Waals surface area contributed by atoms with Crippen LogP contribution in [0.2, 0.25) is 10.0 Å². The van der Waals surface area contributed by atoms with Gasteiger partial charge < -0.3 is 15.2 Å². The fourth-order valence-electron chi connectivity index (χ4n) is 2.81. The van der Waals surface area contributed by atoms with Gasteiger partial charge in [-0.3, -0.25) is 0 Å². The van der Waals surface area contributed by atoms with Crippen LogP contribution in [0.25, 0.3) is 5.57 Å². The van der Waals surface area contributed by atoms with Gasteiger partial charge in [-0.2, -0.15) is 0 Å². The van der Waals surface area contributed by atoms with Crippen LogP contribution in [0.4, 0.5) is 5.82 Å². The summed E-state index contributed by atoms with van der Waals surface area (Å²) >= 11 is 12.4. The van der Waals surface area contributed by atoms with Crippen molar-refractivity contribution in [1.29, 1.82) is 0 Å². The number of methoxy groups -OCH3 is 1. The number of halogens is 2. The number of nitrogen functional groups attached to an aromatic ring is 1. The lowest BCUT2D eigenvalue weighted by molar-refractivity contribution is 0.284. The number of hydrogen-bond acceptors (Lipinski definition) is 4. The lowest BCUT2D eigenvalue weighted by Crippen LogP contribution is -2.01. The minimum atomic E-state index is 0.353. The first-order chi connectivity index (χ1) is 13.5. The molecule has 0 unspecified atom stereocenters. The highest BCUT2D eigenvalue weighted by Gasteiger charge is 2.14. The van der Waals surface area contributed by atoms with E-state index in [1.807, 2.05) is 48.5 Å². The van der Waals surface area contributed by atoms with Gasteiger partial charge in [0.15, 0.2) is 11.5 Å². The van der Waals surface area contributed by atoms with Crippen molar-refractivity contribution < 1.29 is 9.47 Å². The zero-order chi connectivity index (χ0) is 20.1. The summed E-state index contributed by atoms with van der Waals surface area (Å²) in [6, 6.07) is 14.9. The van der Waals surface area contributed by atoms with E-state index in [1.54, 1.807) is 13.3 Å². The van der Waals surface area contributed by atoms with Gasteiger partial charge in [-0.15, -0.1) is 0 Å². The first-order valence-corrected chi connectivity index (χ1v) is 9.36. The fourth-order valence-corrected chi connectivity index (χ4v) is 3.22. The molecule has 0 amide bonds. The van der Waals surface area contributed by atoms with E-state index in [-0.39, 0.29) is 0 Å². The summed E-state index contributed by atoms with van der Waals surface area (Å²) < 4.78 is 11.4. The number of anilines is 1. The topological polar surface area (TPSA) is 57.4 Å². The average molecular weight is 415 g/mol. The molecule has 0 saturated carbocycles. The van der Waals surface area contributed by atoms with Crippen LogP contribution in [0.15, 0.2) is 61.3 Å². The molecule has 0 fully saturated rings. The average Bonchev–Trinajstić information content (AvgIpc) is 2.68. The molecule has 3 rings (SSSR count). The standard InChI is InChI=1S/C22H20Cl2N2O2/c1-14(18-4-3-9-26-22(18)25)10-16-11-19(24)21(20(12-16)27-2)28-13-15-5-7-17(23)8-6-15/h3-9,11-12H,1,10,13H2,2H3,(H2,25,26). The van der Waals surface area contributed by atoms with E-state index >= 15 is 0 Å². The maximum absolute atomic E-state index is 6.47. The Morgan fingerprint density at radius 1 is 1.11 bits per heavy atom. The van der Waals surface area contributed by atoms with Crippen molar-refractivity contribution in [1.82, 2.24) is 4.98 Å². The van der Waals surface area contributed by atoms with Crippen molar-refractivity contribution in [3.05, 3.63) is 88.0 Å². The molecule has 2 aromatic carbocycles. The van der Waals surface area contributed by atoms with Crippen molar-refractivity contribution in [2.24, 2.45) is 0 Å². The number of nitrogens with zero attached hydrogens (tertiary/aromatic N) is 1. The summed E-state index contributed by atoms with van der Waals surface area (Å²) in [5.41, 5.74) is 9.52. The number of pyridine rings is 1. The van der Waals surface area contributed by atoms with Crippen molar-refractivity contribution in [3.8, 4) is 11.5 Å². The van der Waals surface area contributed by atoms with Crippen LogP contribution in [-0.4, -0.2) is 12.1 Å². The molecule has 0 aliphatic heterocycles. The Morgan fingerprint density at radius 3 is 2.54 bits per heavy atom. The molecule has 2 N–H and O–H groups in total. The van der Waals surface area contributed by atoms with Gasteiger partial charge in [0.1, 0.15) is 12.4 Å². The van der Waals surface area contributed by atoms with Crippen LogP contribution in [0.5, 0.6) is 11.5 Å². The molecule has 0 radical (unpaired) electrons. The van der Waals surface area contributed by atoms with E-state index in [9.17, 15) is 0 Å². The van der Waals surface area contributed by atoms with Gasteiger partial charge in [-0.25, -0.2) is 4.98 Å². The summed E-state index contributed by atoms with van der Waals surface area (Å²) in [5.74, 6) is 1.51. The third kappa shape index (κ3) is 4.77. The maximum atomic E-state index is 6.47. The molecule has 0 aliphatic carbocycles. The lowest BCUT2D eigenvalue weighted by atomic mass is 10.00. The molecule has 0 atom stereocenters. The third-order valence-corrected chi connectivity index (χ3v) is 4.76. The number of rotatable bonds is 7. The summed E-state index contributed by atoms with van der Waals surface area (Å²) in [4.78, 5) is 4.10. The molecule has 4 nitrogen and oxygen atoms in total. The Bertz CT molecular complexity index is 988. The normalized spacial score (nSPS) is 10.5. The van der Waals surface area contributed by atoms with Crippen LogP contribution in [0, 0.1) is 0 Å². The Morgan fingerprint density at radius 2 is 1.86 bits per heavy atom. The highest BCUT2D eigenvalue weighted by atomic mass is 35.5. The molecule has 144 valence electrons. The van der Waals surface area contributed by atoms with Crippen molar-refractivity contribution >= 4 is 34.6 Å². The van der Waals surface area contributed by atoms with Gasteiger partial charge >= 0.3 is 0 Å². The van der Waals surface area contributed by atoms with Crippen molar-refractivity contribution in [2.45, 2.75) is 13.0 Å². The Balaban J connectivity index is 1.78. The molecule has 6 heteroatoms. The SMILES string of the molecule is C=C(Cc1cc(Cl)c(OCc2ccc(Cl)cc2)c(OC)c1)c1cccnc1N. The minimum absolute atomic E-state index is 0.353. The predicted octanol–water partition coefficient (Wildman–Crippen LogP) is 5.81. The monoisotopic (exact) mass is 414 g/mol. The van der Waals surface area contributed by atoms with Crippen LogP contribution in [-0.2, 0) is 13.0 Å². The van der Waals surface area contributed by atoms with Gasteiger partial charge in [0, 0.05) is 16.8 Å². The Hall–Kier alpha value is -2.69. The fraction of sp³-hybridized carbons (Fsp3) is 0.136. The van der Waals surface area contributed by atoms with E-state index < -0.39 is 0 Å². The number of benzene rings is 2. The summed E-state index contributed by atoms with van der Waals surface area (Å²) in [6.07, 6.45) is 2.21. The van der Waals surface area contributed by atoms with Crippen molar-refractivity contribution in [3.63, 3.8) is 0 Å². The van der Waals surface area contributed by atoms with E-state index in [1.165, 1.54) is 0 Å². The second-order valence-electron chi connectivity index (χ2n) is 6.24. The smallest absolute Gasteiger partial charge is 0.180 e. The predicted molar refractivity (Wildman–Crippen MR) is 115 cm³/mol. The largest absolute Gasteiger partial charge is 0.493 e. The van der Waals surface area contributed by atoms with E-state index in [0.29, 0.717) is 40.4 Å². The molecule has 0 spiro atoms. The Kier molecular flexibility index (Phi) is 6.45. The molecule has 28 heavy (non-hydrogen) atoms. The second kappa shape index (κ2) is 9.00. The molecule has 3 aromatic rings. The number of ether oxygens (including phenoxy) is 2. The van der Waals surface area contributed by atoms with Crippen LogP contribution < -0.4 is 15.2 Å². The highest BCUT2D eigenvalue weighted by Crippen LogP contribution is 2.38. The van der Waals surface area contributed by atoms with Crippen LogP contribution in [0.3, 0.4) is 0 Å². The summed E-state index contributed by atoms with van der Waals surface area (Å²) in [7, 11) is 1.58. The molecule has 0 saturated heterocycles. The number of hydrogen-bond donors (Lipinski definition) is 1. The van der Waals surface area contributed by atoms with Gasteiger partial charge in [0.05, 0.1) is 12.1 Å². The number of aromatic nitrogens is 1. The number of nitrogens with two attached hydrogens (primary N) is 1. The molecule has 0 bridgehead atoms. The van der Waals surface area contributed by atoms with E-state index in [0.717, 1.165) is 22.3 Å². The lowest BCUT2D eigenvalue weighted by Gasteiger charge is -2.15. The molecular formula is C22H20Cl2N2O2. The quantitative estimate of drug-likeness (QED) is 0.529. The van der Waals surface area contributed by atoms with E-state index in [4.69, 9.17) is 38.4 Å². The zero-order valence-electron chi connectivity index (χ0n) is 15.4. The van der Waals surface area contributed by atoms with Gasteiger partial charge in [0.25, 0.3) is 0 Å². The van der Waals surface area contributed by atoms with Gasteiger partial charge in [-0.05, 0) is 59.5 Å². The highest BCUT2D eigenvalue weighted by molar-refractivity contribution is 6.32. The first-order valence-electron chi connectivity index (χ1n) is 8.60. The second-order valence-corrected chi connectivity index (χ2v) is 7.08. The molecule has 1 aromatic heterocycles. The van der Waals surface area contributed by atoms with E-state index in [2.05, 4.69) is 11.6 Å². The van der Waals surface area contributed by atoms with Crippen molar-refractivity contribution in [2.75, 3.05) is 12.8 Å². The van der Waals surface area contributed by atoms with Crippen LogP contribution >= 0.6 is 23.2 Å². The molecule has 1 heterocycles. The third-order valence-electron chi connectivity index (χ3n) is 4.22. The summed E-state index contributed by atoms with van der Waals surface area (Å²) in [6.45, 7) is 4.48. The molecular weight excluding hydrogens is 395 g/mol. The number of allylic oxidation sites excluding steroid dienone is 1. The zero-order valence-corrected chi connectivity index (χ0v) is 16.9. The van der Waals surface area contributed by atoms with Gasteiger partial charge in [0.2, 0.25) is 0 Å². The van der Waals surface area contributed by atoms with Crippen LogP contribution in [0.1, 0.15) is 16.7 Å². The maximum Gasteiger partial charge on any atom is 0.180 e. The molecule has 0 aliphatic rings. The van der Waals surface area contributed by atoms with Gasteiger partial charge in [-0.1, -0.05) is 41.9 Å². The first kappa shape index (κ1) is 20.1.